The van der Waals surface area contributed by atoms with Crippen molar-refractivity contribution in [2.75, 3.05) is 0 Å². The molecule has 0 fully saturated rings. The van der Waals surface area contributed by atoms with Crippen LogP contribution in [0.15, 0.2) is 73.3 Å². The van der Waals surface area contributed by atoms with Crippen molar-refractivity contribution >= 4 is 24.9 Å². The number of aromatic carboxylic acids is 2. The van der Waals surface area contributed by atoms with E-state index >= 15 is 0 Å². The minimum absolute atomic E-state index is 0. The second-order valence-corrected chi connectivity index (χ2v) is 9.35. The Morgan fingerprint density at radius 3 is 1.56 bits per heavy atom. The Labute approximate surface area is 301 Å². The fourth-order valence-electron chi connectivity index (χ4n) is 3.66. The second kappa shape index (κ2) is 18.2. The Bertz CT molecular complexity index is 2060. The third-order valence-corrected chi connectivity index (χ3v) is 5.87. The summed E-state index contributed by atoms with van der Waals surface area (Å²) in [4.78, 5) is 65.2. The number of hydrogen-bond acceptors (Lipinski definition) is 14. The van der Waals surface area contributed by atoms with Gasteiger partial charge < -0.3 is 29.8 Å². The molecule has 6 heterocycles. The van der Waals surface area contributed by atoms with Crippen LogP contribution in [0.5, 0.6) is 11.5 Å². The molecule has 267 valence electrons. The van der Waals surface area contributed by atoms with Crippen molar-refractivity contribution in [2.45, 2.75) is 13.1 Å². The van der Waals surface area contributed by atoms with Crippen LogP contribution < -0.4 is 14.6 Å². The van der Waals surface area contributed by atoms with E-state index in [2.05, 4.69) is 59.8 Å². The van der Waals surface area contributed by atoms with Gasteiger partial charge >= 0.3 is 37.6 Å². The molecular weight excluding hydrogens is 786 g/mol. The van der Waals surface area contributed by atoms with Gasteiger partial charge in [-0.2, -0.15) is 18.3 Å². The minimum Gasteiger partial charge on any atom is -0.478 e. The maximum atomic E-state index is 12.1. The van der Waals surface area contributed by atoms with E-state index in [1.165, 1.54) is 73.3 Å². The Hall–Kier alpha value is -6.83. The van der Waals surface area contributed by atoms with E-state index in [1.54, 1.807) is 6.92 Å². The van der Waals surface area contributed by atoms with Crippen LogP contribution in [0.3, 0.4) is 0 Å². The Morgan fingerprint density at radius 1 is 0.750 bits per heavy atom. The van der Waals surface area contributed by atoms with Gasteiger partial charge in [0.1, 0.15) is 23.1 Å². The fourth-order valence-corrected chi connectivity index (χ4v) is 3.66. The summed E-state index contributed by atoms with van der Waals surface area (Å²) in [6.07, 6.45) is 1.06. The molecule has 0 saturated heterocycles. The first kappa shape index (κ1) is 39.6. The van der Waals surface area contributed by atoms with Crippen LogP contribution in [0.1, 0.15) is 32.4 Å². The molecule has 0 aromatic carbocycles. The third-order valence-electron chi connectivity index (χ3n) is 5.87. The number of hydrogen-bond donors (Lipinski definition) is 3. The Kier molecular flexibility index (Phi) is 13.9. The van der Waals surface area contributed by atoms with Crippen LogP contribution in [-0.2, 0) is 35.2 Å². The van der Waals surface area contributed by atoms with Gasteiger partial charge in [-0.3, -0.25) is 39.7 Å². The number of pyridine rings is 4. The predicted octanol–water partition coefficient (Wildman–Crippen LogP) is 3.30. The number of alkyl halides is 3. The van der Waals surface area contributed by atoms with Gasteiger partial charge in [-0.1, -0.05) is 0 Å². The zero-order valence-electron chi connectivity index (χ0n) is 25.9. The van der Waals surface area contributed by atoms with Gasteiger partial charge in [0.05, 0.1) is 33.9 Å². The number of aromatic amines is 1. The molecular formula is C30H20F3N10O8Ru. The molecule has 0 atom stereocenters. The van der Waals surface area contributed by atoms with Gasteiger partial charge in [0.15, 0.2) is 5.82 Å². The standard InChI is InChI=1S/2C12H8N2O4.C6H4F3N6.Ru/c2*15-7-18-9-2-4-14-11(6-9)10-5-8(12(16)17)1-3-13-10;1-2-10-3(13-12-2)4-11-5(15-14-4)6(7,8)9;/h2*1-7H,(H,16,17);1H3,(H-,10,11,12,13,14,15);/q;;-1;+1. The minimum atomic E-state index is -4.60. The normalized spacial score (nSPS) is 10.2. The van der Waals surface area contributed by atoms with Gasteiger partial charge in [-0.05, 0) is 43.3 Å². The number of ether oxygens (including phenoxy) is 2. The molecule has 6 aromatic heterocycles. The van der Waals surface area contributed by atoms with Gasteiger partial charge in [-0.25, -0.2) is 14.6 Å². The van der Waals surface area contributed by atoms with E-state index in [4.69, 9.17) is 10.2 Å². The van der Waals surface area contributed by atoms with Crippen LogP contribution in [0.2, 0.25) is 0 Å². The second-order valence-electron chi connectivity index (χ2n) is 9.35. The first-order chi connectivity index (χ1) is 24.4. The molecule has 0 unspecified atom stereocenters. The summed E-state index contributed by atoms with van der Waals surface area (Å²) in [7, 11) is 0. The Balaban J connectivity index is 0.000000209. The number of carbonyl (C=O) groups excluding carboxylic acids is 2. The number of H-pyrrole nitrogens is 1. The monoisotopic (exact) mass is 807 g/mol. The van der Waals surface area contributed by atoms with Crippen LogP contribution in [0.25, 0.3) is 34.4 Å². The van der Waals surface area contributed by atoms with Crippen LogP contribution in [-0.4, -0.2) is 80.3 Å². The summed E-state index contributed by atoms with van der Waals surface area (Å²) >= 11 is 0. The molecule has 18 nitrogen and oxygen atoms in total. The van der Waals surface area contributed by atoms with Crippen molar-refractivity contribution in [3.63, 3.8) is 0 Å². The summed E-state index contributed by atoms with van der Waals surface area (Å²) in [5, 5.41) is 30.0. The smallest absolute Gasteiger partial charge is 0.478 e. The van der Waals surface area contributed by atoms with E-state index in [1.807, 2.05) is 0 Å². The van der Waals surface area contributed by atoms with E-state index in [0.29, 0.717) is 53.0 Å². The molecule has 52 heavy (non-hydrogen) atoms. The van der Waals surface area contributed by atoms with E-state index in [-0.39, 0.29) is 42.3 Å². The van der Waals surface area contributed by atoms with Crippen molar-refractivity contribution in [2.24, 2.45) is 0 Å². The van der Waals surface area contributed by atoms with Gasteiger partial charge in [-0.15, -0.1) is 0 Å². The van der Waals surface area contributed by atoms with Gasteiger partial charge in [0.2, 0.25) is 0 Å². The van der Waals surface area contributed by atoms with Crippen LogP contribution in [0, 0.1) is 6.92 Å². The zero-order valence-corrected chi connectivity index (χ0v) is 27.7. The number of carbonyl (C=O) groups is 4. The van der Waals surface area contributed by atoms with E-state index < -0.39 is 23.9 Å². The number of nitrogens with zero attached hydrogens (tertiary/aromatic N) is 9. The fraction of sp³-hybridized carbons (Fsp3) is 0.0667. The molecule has 22 heteroatoms. The molecule has 1 radical (unpaired) electrons. The molecule has 0 aliphatic rings. The zero-order chi connectivity index (χ0) is 37.0. The molecule has 0 saturated carbocycles. The summed E-state index contributed by atoms with van der Waals surface area (Å²) in [5.41, 5.74) is 1.87. The molecule has 0 spiro atoms. The number of rotatable bonds is 9. The maximum absolute atomic E-state index is 12.1. The molecule has 6 rings (SSSR count). The number of carboxylic acid groups (broad SMARTS) is 2. The number of carboxylic acids is 2. The first-order valence-corrected chi connectivity index (χ1v) is 13.7. The van der Waals surface area contributed by atoms with Gasteiger partial charge in [0.25, 0.3) is 12.9 Å². The van der Waals surface area contributed by atoms with Crippen LogP contribution >= 0.6 is 0 Å². The van der Waals surface area contributed by atoms with Crippen molar-refractivity contribution in [1.82, 2.24) is 50.3 Å². The first-order valence-electron chi connectivity index (χ1n) is 13.7. The average Bonchev–Trinajstić information content (AvgIpc) is 3.80. The number of nitrogens with one attached hydrogen (secondary N) is 1. The number of halogens is 3. The largest absolute Gasteiger partial charge is 1.00 e. The van der Waals surface area contributed by atoms with Crippen molar-refractivity contribution in [3.8, 4) is 45.9 Å². The average molecular weight is 807 g/mol. The third kappa shape index (κ3) is 11.1. The van der Waals surface area contributed by atoms with E-state index in [0.717, 1.165) is 0 Å². The quantitative estimate of drug-likeness (QED) is 0.140. The summed E-state index contributed by atoms with van der Waals surface area (Å²) < 4.78 is 45.7. The van der Waals surface area contributed by atoms with E-state index in [9.17, 15) is 32.3 Å². The molecule has 0 aliphatic carbocycles. The SMILES string of the molecule is Cc1nc(-c2nc(C(F)(F)F)n[n-]2)n[nH]1.O=COc1ccnc(-c2cc(C(=O)O)ccn2)c1.O=COc1ccnc(-c2cc(C(=O)O)ccn2)c1.[Ru+]. The molecule has 6 aromatic rings. The topological polar surface area (TPSA) is 260 Å². The maximum Gasteiger partial charge on any atom is 1.00 e. The van der Waals surface area contributed by atoms with Crippen molar-refractivity contribution < 1.29 is 71.5 Å². The molecule has 0 aliphatic heterocycles. The summed E-state index contributed by atoms with van der Waals surface area (Å²) in [6.45, 7) is 2.22. The predicted molar refractivity (Wildman–Crippen MR) is 163 cm³/mol. The number of aromatic nitrogens is 10. The molecule has 0 amide bonds. The van der Waals surface area contributed by atoms with Gasteiger partial charge in [0, 0.05) is 42.7 Å². The molecule has 3 N–H and O–H groups in total. The van der Waals surface area contributed by atoms with Crippen LogP contribution in [0.4, 0.5) is 13.2 Å². The van der Waals surface area contributed by atoms with Crippen molar-refractivity contribution in [1.29, 1.82) is 0 Å². The summed E-state index contributed by atoms with van der Waals surface area (Å²) in [6, 6.07) is 11.6. The van der Waals surface area contributed by atoms with Crippen molar-refractivity contribution in [3.05, 3.63) is 96.1 Å². The summed E-state index contributed by atoms with van der Waals surface area (Å²) in [5.74, 6) is -2.53. The molecule has 0 bridgehead atoms. The number of aryl methyl sites for hydroxylation is 1. The Morgan fingerprint density at radius 2 is 1.19 bits per heavy atom.